The van der Waals surface area contributed by atoms with Crippen LogP contribution in [-0.4, -0.2) is 93.4 Å². The molecule has 2 N–H and O–H groups in total. The Morgan fingerprint density at radius 1 is 1.31 bits per heavy atom. The summed E-state index contributed by atoms with van der Waals surface area (Å²) in [4.78, 5) is 19.7. The van der Waals surface area contributed by atoms with Crippen LogP contribution in [0.4, 0.5) is 0 Å². The Bertz CT molecular complexity index is 595. The Kier molecular flexibility index (Phi) is 6.32. The lowest BCUT2D eigenvalue weighted by Crippen LogP contribution is -2.59. The molecule has 2 aliphatic rings. The van der Waals surface area contributed by atoms with Crippen molar-refractivity contribution in [1.29, 1.82) is 0 Å². The highest BCUT2D eigenvalue weighted by Crippen LogP contribution is 2.24. The van der Waals surface area contributed by atoms with Crippen LogP contribution in [0.15, 0.2) is 6.07 Å². The van der Waals surface area contributed by atoms with Crippen molar-refractivity contribution in [3.8, 4) is 0 Å². The number of aliphatic hydroxyl groups excluding tert-OH is 1. The van der Waals surface area contributed by atoms with E-state index in [1.807, 2.05) is 11.8 Å². The van der Waals surface area contributed by atoms with Crippen molar-refractivity contribution >= 4 is 5.91 Å². The number of carbonyl (C=O) groups excluding carboxylic acids is 1. The highest BCUT2D eigenvalue weighted by atomic mass is 16.3. The number of amides is 1. The van der Waals surface area contributed by atoms with Gasteiger partial charge in [0.05, 0.1) is 0 Å². The number of hydrogen-bond acceptors (Lipinski definition) is 5. The normalized spacial score (nSPS) is 23.7. The lowest BCUT2D eigenvalue weighted by molar-refractivity contribution is 0.00394. The third kappa shape index (κ3) is 4.27. The number of aryl methyl sites for hydroxylation is 1. The van der Waals surface area contributed by atoms with Crippen LogP contribution >= 0.6 is 0 Å². The van der Waals surface area contributed by atoms with Crippen LogP contribution in [-0.2, 0) is 0 Å². The molecule has 2 aliphatic heterocycles. The number of likely N-dealkylation sites (tertiary alicyclic amines) is 1. The Balaban J connectivity index is 1.62. The first-order valence-corrected chi connectivity index (χ1v) is 9.91. The zero-order chi connectivity index (χ0) is 18.7. The zero-order valence-electron chi connectivity index (χ0n) is 16.3. The Labute approximate surface area is 156 Å². The molecule has 1 amide bonds. The Hall–Kier alpha value is -1.44. The van der Waals surface area contributed by atoms with Crippen LogP contribution < -0.4 is 0 Å². The molecule has 0 spiro atoms. The molecule has 26 heavy (non-hydrogen) atoms. The van der Waals surface area contributed by atoms with Gasteiger partial charge in [0, 0.05) is 50.1 Å². The number of H-pyrrole nitrogens is 1. The second-order valence-electron chi connectivity index (χ2n) is 7.95. The standard InChI is InChI=1S/C19H33N5O2/c1-14(2)22-7-4-16(5-8-22)24-10-9-23(13-17(24)6-11-25)19(26)18-12-15(3)20-21-18/h12,14,16-17,25H,4-11,13H2,1-3H3,(H,20,21)/t17-/m1/s1. The molecule has 1 atom stereocenters. The number of piperazine rings is 1. The first kappa shape index (κ1) is 19.3. The molecule has 1 aromatic rings. The summed E-state index contributed by atoms with van der Waals surface area (Å²) >= 11 is 0. The van der Waals surface area contributed by atoms with Gasteiger partial charge in [0.25, 0.3) is 5.91 Å². The van der Waals surface area contributed by atoms with Gasteiger partial charge < -0.3 is 14.9 Å². The predicted octanol–water partition coefficient (Wildman–Crippen LogP) is 1.10. The molecule has 2 fully saturated rings. The van der Waals surface area contributed by atoms with Gasteiger partial charge in [-0.1, -0.05) is 0 Å². The minimum atomic E-state index is -0.00781. The lowest BCUT2D eigenvalue weighted by Gasteiger charge is -2.47. The summed E-state index contributed by atoms with van der Waals surface area (Å²) in [6, 6.07) is 3.20. The third-order valence-corrected chi connectivity index (χ3v) is 5.90. The van der Waals surface area contributed by atoms with E-state index in [4.69, 9.17) is 0 Å². The molecular weight excluding hydrogens is 330 g/mol. The molecule has 3 rings (SSSR count). The van der Waals surface area contributed by atoms with E-state index >= 15 is 0 Å². The Morgan fingerprint density at radius 2 is 2.04 bits per heavy atom. The van der Waals surface area contributed by atoms with Gasteiger partial charge in [-0.05, 0) is 59.2 Å². The van der Waals surface area contributed by atoms with Gasteiger partial charge in [-0.3, -0.25) is 14.8 Å². The minimum Gasteiger partial charge on any atom is -0.396 e. The van der Waals surface area contributed by atoms with E-state index < -0.39 is 0 Å². The van der Waals surface area contributed by atoms with E-state index in [-0.39, 0.29) is 18.6 Å². The van der Waals surface area contributed by atoms with Crippen molar-refractivity contribution in [1.82, 2.24) is 24.9 Å². The number of nitrogens with zero attached hydrogens (tertiary/aromatic N) is 4. The summed E-state index contributed by atoms with van der Waals surface area (Å²) in [5, 5.41) is 16.5. The molecule has 0 bridgehead atoms. The number of nitrogens with one attached hydrogen (secondary N) is 1. The number of piperidine rings is 1. The summed E-state index contributed by atoms with van der Waals surface area (Å²) in [5.41, 5.74) is 1.39. The van der Waals surface area contributed by atoms with Crippen molar-refractivity contribution in [2.75, 3.05) is 39.3 Å². The number of aliphatic hydroxyl groups is 1. The van der Waals surface area contributed by atoms with Crippen molar-refractivity contribution in [3.05, 3.63) is 17.5 Å². The smallest absolute Gasteiger partial charge is 0.274 e. The van der Waals surface area contributed by atoms with Gasteiger partial charge in [-0.25, -0.2) is 0 Å². The van der Waals surface area contributed by atoms with Crippen molar-refractivity contribution < 1.29 is 9.90 Å². The second kappa shape index (κ2) is 8.50. The highest BCUT2D eigenvalue weighted by molar-refractivity contribution is 5.92. The number of carbonyl (C=O) groups is 1. The van der Waals surface area contributed by atoms with E-state index in [0.29, 0.717) is 30.7 Å². The lowest BCUT2D eigenvalue weighted by atomic mass is 9.97. The van der Waals surface area contributed by atoms with Crippen molar-refractivity contribution in [3.63, 3.8) is 0 Å². The zero-order valence-corrected chi connectivity index (χ0v) is 16.3. The van der Waals surface area contributed by atoms with Crippen LogP contribution in [0.2, 0.25) is 0 Å². The molecule has 0 aliphatic carbocycles. The summed E-state index contributed by atoms with van der Waals surface area (Å²) in [6.07, 6.45) is 3.06. The predicted molar refractivity (Wildman–Crippen MR) is 101 cm³/mol. The maximum absolute atomic E-state index is 12.7. The largest absolute Gasteiger partial charge is 0.396 e. The molecule has 3 heterocycles. The third-order valence-electron chi connectivity index (χ3n) is 5.90. The topological polar surface area (TPSA) is 75.7 Å². The van der Waals surface area contributed by atoms with Gasteiger partial charge >= 0.3 is 0 Å². The molecule has 146 valence electrons. The van der Waals surface area contributed by atoms with Gasteiger partial charge in [0.2, 0.25) is 0 Å². The van der Waals surface area contributed by atoms with E-state index in [2.05, 4.69) is 33.8 Å². The van der Waals surface area contributed by atoms with E-state index in [1.165, 1.54) is 12.8 Å². The second-order valence-corrected chi connectivity index (χ2v) is 7.95. The van der Waals surface area contributed by atoms with Crippen LogP contribution in [0.1, 0.15) is 49.3 Å². The number of aromatic amines is 1. The average Bonchev–Trinajstić information content (AvgIpc) is 3.08. The Morgan fingerprint density at radius 3 is 2.62 bits per heavy atom. The molecular formula is C19H33N5O2. The van der Waals surface area contributed by atoms with Crippen LogP contribution in [0.5, 0.6) is 0 Å². The van der Waals surface area contributed by atoms with E-state index in [0.717, 1.165) is 31.9 Å². The first-order valence-electron chi connectivity index (χ1n) is 9.91. The highest BCUT2D eigenvalue weighted by Gasteiger charge is 2.35. The summed E-state index contributed by atoms with van der Waals surface area (Å²) in [5.74, 6) is -0.00781. The fraction of sp³-hybridized carbons (Fsp3) is 0.789. The molecule has 2 saturated heterocycles. The minimum absolute atomic E-state index is 0.00781. The molecule has 7 heteroatoms. The van der Waals surface area contributed by atoms with E-state index in [9.17, 15) is 9.90 Å². The quantitative estimate of drug-likeness (QED) is 0.819. The van der Waals surface area contributed by atoms with Gasteiger partial charge in [0.15, 0.2) is 0 Å². The maximum Gasteiger partial charge on any atom is 0.274 e. The van der Waals surface area contributed by atoms with Gasteiger partial charge in [-0.15, -0.1) is 0 Å². The molecule has 1 aromatic heterocycles. The summed E-state index contributed by atoms with van der Waals surface area (Å²) in [7, 11) is 0. The maximum atomic E-state index is 12.7. The fourth-order valence-corrected chi connectivity index (χ4v) is 4.36. The van der Waals surface area contributed by atoms with Crippen molar-refractivity contribution in [2.24, 2.45) is 0 Å². The van der Waals surface area contributed by atoms with Crippen LogP contribution in [0, 0.1) is 6.92 Å². The summed E-state index contributed by atoms with van der Waals surface area (Å²) in [6.45, 7) is 11.2. The monoisotopic (exact) mass is 363 g/mol. The molecule has 0 aromatic carbocycles. The fourth-order valence-electron chi connectivity index (χ4n) is 4.36. The van der Waals surface area contributed by atoms with Gasteiger partial charge in [0.1, 0.15) is 5.69 Å². The van der Waals surface area contributed by atoms with Crippen molar-refractivity contribution in [2.45, 2.75) is 58.2 Å². The number of rotatable bonds is 5. The average molecular weight is 364 g/mol. The number of hydrogen-bond donors (Lipinski definition) is 2. The van der Waals surface area contributed by atoms with Gasteiger partial charge in [-0.2, -0.15) is 5.10 Å². The van der Waals surface area contributed by atoms with E-state index in [1.54, 1.807) is 6.07 Å². The SMILES string of the molecule is Cc1cc(C(=O)N2CCN(C3CCN(C(C)C)CC3)[C@H](CCO)C2)n[nH]1. The molecule has 0 unspecified atom stereocenters. The molecule has 7 nitrogen and oxygen atoms in total. The van der Waals surface area contributed by atoms with Crippen LogP contribution in [0.3, 0.4) is 0 Å². The molecule has 0 radical (unpaired) electrons. The first-order chi connectivity index (χ1) is 12.5. The number of aromatic nitrogens is 2. The van der Waals surface area contributed by atoms with Crippen LogP contribution in [0.25, 0.3) is 0 Å². The molecule has 0 saturated carbocycles. The summed E-state index contributed by atoms with van der Waals surface area (Å²) < 4.78 is 0.